The molecule has 4 aromatic rings. The fraction of sp³-hybridized carbons (Fsp3) is 0. The number of aromatic amines is 1. The molecule has 1 N–H and O–H groups in total. The Hall–Kier alpha value is -2.39. The van der Waals surface area contributed by atoms with Crippen LogP contribution in [0.3, 0.4) is 0 Å². The van der Waals surface area contributed by atoms with Crippen molar-refractivity contribution in [1.82, 2.24) is 15.0 Å². The second-order valence-corrected chi connectivity index (χ2v) is 5.05. The number of aromatic nitrogens is 3. The normalized spacial score (nSPS) is 11.2. The number of H-pyrrole nitrogens is 1. The highest BCUT2D eigenvalue weighted by atomic mass is 35.5. The van der Waals surface area contributed by atoms with Crippen LogP contribution in [0.25, 0.3) is 33.2 Å². The molecule has 0 unspecified atom stereocenters. The van der Waals surface area contributed by atoms with Gasteiger partial charge in [0.05, 0.1) is 5.69 Å². The highest BCUT2D eigenvalue weighted by Crippen LogP contribution is 2.32. The van der Waals surface area contributed by atoms with Crippen molar-refractivity contribution in [2.24, 2.45) is 0 Å². The molecule has 0 bridgehead atoms. The topological polar surface area (TPSA) is 41.6 Å². The van der Waals surface area contributed by atoms with Crippen molar-refractivity contribution in [3.63, 3.8) is 0 Å². The smallest absolute Gasteiger partial charge is 0.138 e. The van der Waals surface area contributed by atoms with E-state index in [9.17, 15) is 0 Å². The molecule has 3 heterocycles. The lowest BCUT2D eigenvalue weighted by molar-refractivity contribution is 1.31. The second kappa shape index (κ2) is 4.32. The van der Waals surface area contributed by atoms with Crippen molar-refractivity contribution in [1.29, 1.82) is 0 Å². The maximum atomic E-state index is 6.07. The molecule has 0 aliphatic rings. The molecular formula is C16H10ClN3. The number of nitrogens with one attached hydrogen (secondary N) is 1. The summed E-state index contributed by atoms with van der Waals surface area (Å²) in [4.78, 5) is 12.2. The Kier molecular flexibility index (Phi) is 2.47. The lowest BCUT2D eigenvalue weighted by atomic mass is 10.1. The predicted octanol–water partition coefficient (Wildman–Crippen LogP) is 4.43. The van der Waals surface area contributed by atoms with Crippen LogP contribution >= 0.6 is 11.6 Å². The maximum Gasteiger partial charge on any atom is 0.138 e. The molecular weight excluding hydrogens is 270 g/mol. The summed E-state index contributed by atoms with van der Waals surface area (Å²) in [5.41, 5.74) is 3.83. The number of hydrogen-bond donors (Lipinski definition) is 1. The van der Waals surface area contributed by atoms with Gasteiger partial charge in [-0.1, -0.05) is 29.8 Å². The first-order valence-electron chi connectivity index (χ1n) is 6.30. The first-order chi connectivity index (χ1) is 9.83. The van der Waals surface area contributed by atoms with Crippen LogP contribution in [0.15, 0.2) is 54.9 Å². The third-order valence-electron chi connectivity index (χ3n) is 3.40. The Morgan fingerprint density at radius 2 is 1.80 bits per heavy atom. The molecule has 0 aliphatic carbocycles. The number of nitrogens with zero attached hydrogens (tertiary/aromatic N) is 2. The van der Waals surface area contributed by atoms with Crippen LogP contribution in [0.1, 0.15) is 0 Å². The maximum absolute atomic E-state index is 6.07. The summed E-state index contributed by atoms with van der Waals surface area (Å²) in [7, 11) is 0. The number of benzene rings is 1. The number of hydrogen-bond acceptors (Lipinski definition) is 2. The van der Waals surface area contributed by atoms with E-state index in [0.717, 1.165) is 33.2 Å². The van der Waals surface area contributed by atoms with Crippen LogP contribution in [0.5, 0.6) is 0 Å². The summed E-state index contributed by atoms with van der Waals surface area (Å²) in [5.74, 6) is 0. The fourth-order valence-corrected chi connectivity index (χ4v) is 2.69. The summed E-state index contributed by atoms with van der Waals surface area (Å²) in [6.07, 6.45) is 3.51. The van der Waals surface area contributed by atoms with E-state index in [0.29, 0.717) is 5.02 Å². The first kappa shape index (κ1) is 11.4. The van der Waals surface area contributed by atoms with Gasteiger partial charge in [-0.3, -0.25) is 4.98 Å². The minimum atomic E-state index is 0.680. The van der Waals surface area contributed by atoms with Crippen LogP contribution in [0, 0.1) is 0 Å². The molecule has 4 heteroatoms. The Labute approximate surface area is 120 Å². The van der Waals surface area contributed by atoms with Crippen molar-refractivity contribution in [3.05, 3.63) is 59.9 Å². The molecule has 0 saturated carbocycles. The number of pyridine rings is 2. The van der Waals surface area contributed by atoms with Crippen molar-refractivity contribution in [2.75, 3.05) is 0 Å². The van der Waals surface area contributed by atoms with Gasteiger partial charge in [0.2, 0.25) is 0 Å². The summed E-state index contributed by atoms with van der Waals surface area (Å²) in [5, 5.41) is 2.91. The van der Waals surface area contributed by atoms with Crippen LogP contribution in [-0.2, 0) is 0 Å². The first-order valence-corrected chi connectivity index (χ1v) is 6.68. The second-order valence-electron chi connectivity index (χ2n) is 4.61. The average Bonchev–Trinajstić information content (AvgIpc) is 2.85. The summed E-state index contributed by atoms with van der Waals surface area (Å²) in [6.45, 7) is 0. The molecule has 0 fully saturated rings. The largest absolute Gasteiger partial charge is 0.339 e. The molecule has 3 aromatic heterocycles. The molecule has 0 aliphatic heterocycles. The van der Waals surface area contributed by atoms with Crippen molar-refractivity contribution < 1.29 is 0 Å². The lowest BCUT2D eigenvalue weighted by Gasteiger charge is -2.03. The summed E-state index contributed by atoms with van der Waals surface area (Å²) in [6, 6.07) is 13.8. The third-order valence-corrected chi connectivity index (χ3v) is 3.63. The Balaban J connectivity index is 2.14. The van der Waals surface area contributed by atoms with Gasteiger partial charge in [-0.05, 0) is 24.3 Å². The van der Waals surface area contributed by atoms with Crippen molar-refractivity contribution in [2.45, 2.75) is 0 Å². The SMILES string of the molecule is Clc1ccnc(-c2ccnc3[nH]c4ccccc4c23)c1. The molecule has 0 atom stereocenters. The zero-order valence-electron chi connectivity index (χ0n) is 10.5. The summed E-state index contributed by atoms with van der Waals surface area (Å²) < 4.78 is 0. The fourth-order valence-electron chi connectivity index (χ4n) is 2.53. The van der Waals surface area contributed by atoms with Crippen molar-refractivity contribution in [3.8, 4) is 11.3 Å². The number of fused-ring (bicyclic) bond motifs is 3. The Morgan fingerprint density at radius 3 is 2.70 bits per heavy atom. The van der Waals surface area contributed by atoms with Gasteiger partial charge in [-0.2, -0.15) is 0 Å². The van der Waals surface area contributed by atoms with Gasteiger partial charge in [0, 0.05) is 39.3 Å². The van der Waals surface area contributed by atoms with Gasteiger partial charge in [0.25, 0.3) is 0 Å². The van der Waals surface area contributed by atoms with Crippen molar-refractivity contribution >= 4 is 33.5 Å². The van der Waals surface area contributed by atoms with E-state index in [1.165, 1.54) is 0 Å². The lowest BCUT2D eigenvalue weighted by Crippen LogP contribution is -1.85. The third kappa shape index (κ3) is 1.67. The molecule has 20 heavy (non-hydrogen) atoms. The number of para-hydroxylation sites is 1. The van der Waals surface area contributed by atoms with E-state index in [1.54, 1.807) is 18.5 Å². The minimum Gasteiger partial charge on any atom is -0.339 e. The number of halogens is 1. The molecule has 96 valence electrons. The zero-order chi connectivity index (χ0) is 13.5. The van der Waals surface area contributed by atoms with Crippen LogP contribution < -0.4 is 0 Å². The standard InChI is InChI=1S/C16H10ClN3/c17-10-5-7-18-14(9-10)12-6-8-19-16-15(12)11-3-1-2-4-13(11)20-16/h1-9H,(H,19,20). The van der Waals surface area contributed by atoms with E-state index in [-0.39, 0.29) is 0 Å². The molecule has 0 spiro atoms. The average molecular weight is 280 g/mol. The van der Waals surface area contributed by atoms with Gasteiger partial charge in [0.15, 0.2) is 0 Å². The zero-order valence-corrected chi connectivity index (χ0v) is 11.2. The monoisotopic (exact) mass is 279 g/mol. The molecule has 1 aromatic carbocycles. The molecule has 4 rings (SSSR count). The van der Waals surface area contributed by atoms with Crippen LogP contribution in [-0.4, -0.2) is 15.0 Å². The minimum absolute atomic E-state index is 0.680. The summed E-state index contributed by atoms with van der Waals surface area (Å²) >= 11 is 6.07. The molecule has 0 radical (unpaired) electrons. The van der Waals surface area contributed by atoms with Crippen LogP contribution in [0.4, 0.5) is 0 Å². The van der Waals surface area contributed by atoms with Gasteiger partial charge in [-0.15, -0.1) is 0 Å². The quantitative estimate of drug-likeness (QED) is 0.560. The van der Waals surface area contributed by atoms with E-state index >= 15 is 0 Å². The van der Waals surface area contributed by atoms with E-state index in [2.05, 4.69) is 21.0 Å². The van der Waals surface area contributed by atoms with E-state index in [1.807, 2.05) is 30.3 Å². The molecule has 0 amide bonds. The number of rotatable bonds is 1. The van der Waals surface area contributed by atoms with E-state index in [4.69, 9.17) is 11.6 Å². The predicted molar refractivity (Wildman–Crippen MR) is 81.8 cm³/mol. The Bertz CT molecular complexity index is 927. The van der Waals surface area contributed by atoms with Gasteiger partial charge in [0.1, 0.15) is 5.65 Å². The molecule has 0 saturated heterocycles. The highest BCUT2D eigenvalue weighted by Gasteiger charge is 2.11. The van der Waals surface area contributed by atoms with Crippen LogP contribution in [0.2, 0.25) is 5.02 Å². The van der Waals surface area contributed by atoms with Gasteiger partial charge in [-0.25, -0.2) is 4.98 Å². The highest BCUT2D eigenvalue weighted by molar-refractivity contribution is 6.30. The van der Waals surface area contributed by atoms with E-state index < -0.39 is 0 Å². The Morgan fingerprint density at radius 1 is 0.950 bits per heavy atom. The van der Waals surface area contributed by atoms with Gasteiger partial charge >= 0.3 is 0 Å². The van der Waals surface area contributed by atoms with Gasteiger partial charge < -0.3 is 4.98 Å². The molecule has 3 nitrogen and oxygen atoms in total.